The molecule has 4 nitrogen and oxygen atoms in total. The van der Waals surface area contributed by atoms with E-state index in [9.17, 15) is 4.39 Å². The van der Waals surface area contributed by atoms with Crippen molar-refractivity contribution < 1.29 is 4.39 Å². The number of benzene rings is 2. The molecule has 0 aliphatic rings. The Kier molecular flexibility index (Phi) is 5.36. The summed E-state index contributed by atoms with van der Waals surface area (Å²) < 4.78 is 13.7. The molecule has 128 valence electrons. The van der Waals surface area contributed by atoms with Crippen molar-refractivity contribution in [3.05, 3.63) is 75.7 Å². The predicted molar refractivity (Wildman–Crippen MR) is 100 cm³/mol. The van der Waals surface area contributed by atoms with E-state index >= 15 is 0 Å². The van der Waals surface area contributed by atoms with Gasteiger partial charge in [0.25, 0.3) is 0 Å². The first-order valence-electron chi connectivity index (χ1n) is 7.56. The van der Waals surface area contributed by atoms with Crippen molar-refractivity contribution in [2.75, 3.05) is 10.6 Å². The van der Waals surface area contributed by atoms with E-state index in [1.807, 2.05) is 6.92 Å². The van der Waals surface area contributed by atoms with E-state index in [2.05, 4.69) is 20.6 Å². The molecule has 2 N–H and O–H groups in total. The Morgan fingerprint density at radius 2 is 1.84 bits per heavy atom. The zero-order valence-corrected chi connectivity index (χ0v) is 14.9. The van der Waals surface area contributed by atoms with E-state index in [0.717, 1.165) is 5.69 Å². The number of hydrogen-bond donors (Lipinski definition) is 2. The number of anilines is 3. The predicted octanol–water partition coefficient (Wildman–Crippen LogP) is 5.59. The molecule has 0 radical (unpaired) electrons. The maximum Gasteiger partial charge on any atom is 0.229 e. The fraction of sp³-hybridized carbons (Fsp3) is 0.111. The van der Waals surface area contributed by atoms with Crippen LogP contribution in [0.2, 0.25) is 10.0 Å². The van der Waals surface area contributed by atoms with Crippen LogP contribution in [-0.4, -0.2) is 9.97 Å². The lowest BCUT2D eigenvalue weighted by molar-refractivity contribution is 0.613. The van der Waals surface area contributed by atoms with Crippen LogP contribution in [-0.2, 0) is 6.54 Å². The standard InChI is InChI=1S/C18H15Cl2FN4/c1-11-8-17(22-10-12-4-2-3-5-15(12)21)25-18(23-11)24-16-7-6-13(19)9-14(16)20/h2-9H,10H2,1H3,(H2,22,23,24,25). The number of hydrogen-bond acceptors (Lipinski definition) is 4. The molecule has 0 atom stereocenters. The molecule has 0 amide bonds. The van der Waals surface area contributed by atoms with E-state index in [1.165, 1.54) is 6.07 Å². The molecule has 1 heterocycles. The van der Waals surface area contributed by atoms with Crippen molar-refractivity contribution in [1.29, 1.82) is 0 Å². The van der Waals surface area contributed by atoms with Crippen LogP contribution in [0.3, 0.4) is 0 Å². The summed E-state index contributed by atoms with van der Waals surface area (Å²) in [6.07, 6.45) is 0. The van der Waals surface area contributed by atoms with Gasteiger partial charge in [0, 0.05) is 28.9 Å². The SMILES string of the molecule is Cc1cc(NCc2ccccc2F)nc(Nc2ccc(Cl)cc2Cl)n1. The molecule has 25 heavy (non-hydrogen) atoms. The first-order valence-corrected chi connectivity index (χ1v) is 8.32. The highest BCUT2D eigenvalue weighted by molar-refractivity contribution is 6.36. The molecular formula is C18H15Cl2FN4. The van der Waals surface area contributed by atoms with E-state index in [1.54, 1.807) is 42.5 Å². The van der Waals surface area contributed by atoms with E-state index in [0.29, 0.717) is 39.6 Å². The molecule has 7 heteroatoms. The van der Waals surface area contributed by atoms with Crippen LogP contribution in [0.5, 0.6) is 0 Å². The van der Waals surface area contributed by atoms with Gasteiger partial charge in [-0.1, -0.05) is 41.4 Å². The third-order valence-corrected chi connectivity index (χ3v) is 4.00. The minimum atomic E-state index is -0.257. The minimum Gasteiger partial charge on any atom is -0.366 e. The topological polar surface area (TPSA) is 49.8 Å². The van der Waals surface area contributed by atoms with Crippen LogP contribution in [0, 0.1) is 12.7 Å². The van der Waals surface area contributed by atoms with Crippen LogP contribution < -0.4 is 10.6 Å². The van der Waals surface area contributed by atoms with Crippen molar-refractivity contribution in [1.82, 2.24) is 9.97 Å². The third kappa shape index (κ3) is 4.59. The Morgan fingerprint density at radius 1 is 1.04 bits per heavy atom. The molecule has 0 saturated carbocycles. The van der Waals surface area contributed by atoms with Crippen molar-refractivity contribution in [2.24, 2.45) is 0 Å². The Morgan fingerprint density at radius 3 is 2.60 bits per heavy atom. The summed E-state index contributed by atoms with van der Waals surface area (Å²) in [6, 6.07) is 13.5. The smallest absolute Gasteiger partial charge is 0.229 e. The van der Waals surface area contributed by atoms with Gasteiger partial charge in [-0.05, 0) is 31.2 Å². The molecule has 1 aromatic heterocycles. The van der Waals surface area contributed by atoms with Gasteiger partial charge in [-0.15, -0.1) is 0 Å². The number of aromatic nitrogens is 2. The van der Waals surface area contributed by atoms with Crippen molar-refractivity contribution in [3.63, 3.8) is 0 Å². The van der Waals surface area contributed by atoms with Crippen molar-refractivity contribution in [2.45, 2.75) is 13.5 Å². The fourth-order valence-electron chi connectivity index (χ4n) is 2.25. The molecule has 0 aliphatic heterocycles. The van der Waals surface area contributed by atoms with Gasteiger partial charge in [-0.3, -0.25) is 0 Å². The van der Waals surface area contributed by atoms with Gasteiger partial charge in [-0.25, -0.2) is 9.37 Å². The highest BCUT2D eigenvalue weighted by atomic mass is 35.5. The summed E-state index contributed by atoms with van der Waals surface area (Å²) >= 11 is 12.1. The average Bonchev–Trinajstić information content (AvgIpc) is 2.56. The van der Waals surface area contributed by atoms with E-state index in [4.69, 9.17) is 23.2 Å². The lowest BCUT2D eigenvalue weighted by Gasteiger charge is -2.11. The summed E-state index contributed by atoms with van der Waals surface area (Å²) in [4.78, 5) is 8.73. The number of rotatable bonds is 5. The molecule has 0 unspecified atom stereocenters. The zero-order chi connectivity index (χ0) is 17.8. The summed E-state index contributed by atoms with van der Waals surface area (Å²) in [6.45, 7) is 2.18. The number of aryl methyl sites for hydroxylation is 1. The van der Waals surface area contributed by atoms with E-state index < -0.39 is 0 Å². The molecule has 2 aromatic carbocycles. The number of nitrogens with one attached hydrogen (secondary N) is 2. The molecular weight excluding hydrogens is 362 g/mol. The summed E-state index contributed by atoms with van der Waals surface area (Å²) in [5.74, 6) is 0.718. The number of halogens is 3. The third-order valence-electron chi connectivity index (χ3n) is 3.45. The van der Waals surface area contributed by atoms with Gasteiger partial charge in [0.2, 0.25) is 5.95 Å². The van der Waals surface area contributed by atoms with Gasteiger partial charge in [-0.2, -0.15) is 4.98 Å². The van der Waals surface area contributed by atoms with Crippen LogP contribution in [0.4, 0.5) is 21.8 Å². The second-order valence-corrected chi connectivity index (χ2v) is 6.26. The molecule has 3 rings (SSSR count). The summed E-state index contributed by atoms with van der Waals surface area (Å²) in [5.41, 5.74) is 1.98. The van der Waals surface area contributed by atoms with Gasteiger partial charge >= 0.3 is 0 Å². The van der Waals surface area contributed by atoms with Crippen molar-refractivity contribution >= 4 is 40.7 Å². The van der Waals surface area contributed by atoms with Crippen LogP contribution in [0.1, 0.15) is 11.3 Å². The Hall–Kier alpha value is -2.37. The van der Waals surface area contributed by atoms with Gasteiger partial charge in [0.15, 0.2) is 0 Å². The largest absolute Gasteiger partial charge is 0.366 e. The maximum atomic E-state index is 13.7. The molecule has 0 spiro atoms. The number of nitrogens with zero attached hydrogens (tertiary/aromatic N) is 2. The zero-order valence-electron chi connectivity index (χ0n) is 13.4. The van der Waals surface area contributed by atoms with E-state index in [-0.39, 0.29) is 5.82 Å². The first-order chi connectivity index (χ1) is 12.0. The quantitative estimate of drug-likeness (QED) is 0.609. The molecule has 0 bridgehead atoms. The van der Waals surface area contributed by atoms with Crippen LogP contribution in [0.25, 0.3) is 0 Å². The molecule has 0 saturated heterocycles. The molecule has 0 fully saturated rings. The average molecular weight is 377 g/mol. The van der Waals surface area contributed by atoms with Gasteiger partial charge < -0.3 is 10.6 Å². The molecule has 0 aliphatic carbocycles. The Balaban J connectivity index is 1.77. The van der Waals surface area contributed by atoms with Gasteiger partial charge in [0.05, 0.1) is 10.7 Å². The normalized spacial score (nSPS) is 10.6. The van der Waals surface area contributed by atoms with Crippen LogP contribution >= 0.6 is 23.2 Å². The lowest BCUT2D eigenvalue weighted by Crippen LogP contribution is -2.06. The second kappa shape index (κ2) is 7.68. The monoisotopic (exact) mass is 376 g/mol. The maximum absolute atomic E-state index is 13.7. The summed E-state index contributed by atoms with van der Waals surface area (Å²) in [5, 5.41) is 7.19. The second-order valence-electron chi connectivity index (χ2n) is 5.41. The summed E-state index contributed by atoms with van der Waals surface area (Å²) in [7, 11) is 0. The van der Waals surface area contributed by atoms with Gasteiger partial charge in [0.1, 0.15) is 11.6 Å². The fourth-order valence-corrected chi connectivity index (χ4v) is 2.71. The Bertz CT molecular complexity index is 902. The van der Waals surface area contributed by atoms with Crippen molar-refractivity contribution in [3.8, 4) is 0 Å². The molecule has 3 aromatic rings. The highest BCUT2D eigenvalue weighted by Crippen LogP contribution is 2.27. The lowest BCUT2D eigenvalue weighted by atomic mass is 10.2. The highest BCUT2D eigenvalue weighted by Gasteiger charge is 2.07. The Labute approximate surface area is 155 Å². The minimum absolute atomic E-state index is 0.257. The first kappa shape index (κ1) is 17.5. The van der Waals surface area contributed by atoms with Crippen LogP contribution in [0.15, 0.2) is 48.5 Å².